The quantitative estimate of drug-likeness (QED) is 0.741. The second-order valence-electron chi connectivity index (χ2n) is 6.23. The number of fused-ring (bicyclic) bond motifs is 1. The number of benzene rings is 2. The van der Waals surface area contributed by atoms with Crippen molar-refractivity contribution in [3.63, 3.8) is 0 Å². The second-order valence-corrected chi connectivity index (χ2v) is 7.98. The molecule has 1 aromatic heterocycles. The molecule has 1 N–H and O–H groups in total. The molecule has 0 bridgehead atoms. The van der Waals surface area contributed by atoms with Crippen LogP contribution in [0.2, 0.25) is 0 Å². The van der Waals surface area contributed by atoms with E-state index in [9.17, 15) is 13.2 Å². The number of hydrogen-bond acceptors (Lipinski definition) is 4. The summed E-state index contributed by atoms with van der Waals surface area (Å²) in [5.74, 6) is 0.461. The van der Waals surface area contributed by atoms with Gasteiger partial charge in [-0.15, -0.1) is 0 Å². The van der Waals surface area contributed by atoms with Crippen LogP contribution in [0.1, 0.15) is 29.1 Å². The van der Waals surface area contributed by atoms with Gasteiger partial charge in [0.1, 0.15) is 11.3 Å². The number of hydrogen-bond donors (Lipinski definition) is 1. The smallest absolute Gasteiger partial charge is 0.254 e. The highest BCUT2D eigenvalue weighted by atomic mass is 32.2. The van der Waals surface area contributed by atoms with Crippen LogP contribution >= 0.6 is 0 Å². The summed E-state index contributed by atoms with van der Waals surface area (Å²) >= 11 is 0. The van der Waals surface area contributed by atoms with Crippen LogP contribution in [-0.4, -0.2) is 32.5 Å². The van der Waals surface area contributed by atoms with Gasteiger partial charge in [0.2, 0.25) is 10.0 Å². The number of carbonyl (C=O) groups is 1. The standard InChI is InChI=1S/C19H20N2O4S/c1-13(18-12-14-7-4-5-10-17(14)25-18)21(2)19(22)15-8-6-9-16(11-15)20-26(3,23)24/h4-13,20H,1-3H3/t13-/m0/s1. The Balaban J connectivity index is 1.83. The summed E-state index contributed by atoms with van der Waals surface area (Å²) in [6, 6.07) is 15.7. The molecular weight excluding hydrogens is 352 g/mol. The van der Waals surface area contributed by atoms with Crippen molar-refractivity contribution in [1.82, 2.24) is 4.90 Å². The predicted octanol–water partition coefficient (Wildman–Crippen LogP) is 3.64. The molecule has 0 aliphatic heterocycles. The van der Waals surface area contributed by atoms with Gasteiger partial charge in [0.15, 0.2) is 0 Å². The summed E-state index contributed by atoms with van der Waals surface area (Å²) in [6.07, 6.45) is 1.07. The Morgan fingerprint density at radius 2 is 1.85 bits per heavy atom. The van der Waals surface area contributed by atoms with E-state index in [0.29, 0.717) is 17.0 Å². The lowest BCUT2D eigenvalue weighted by molar-refractivity contribution is 0.0727. The topological polar surface area (TPSA) is 79.6 Å². The fourth-order valence-electron chi connectivity index (χ4n) is 2.71. The van der Waals surface area contributed by atoms with Gasteiger partial charge in [-0.1, -0.05) is 24.3 Å². The molecule has 1 atom stereocenters. The summed E-state index contributed by atoms with van der Waals surface area (Å²) < 4.78 is 31.0. The van der Waals surface area contributed by atoms with Crippen molar-refractivity contribution in [3.8, 4) is 0 Å². The number of carbonyl (C=O) groups excluding carboxylic acids is 1. The van der Waals surface area contributed by atoms with E-state index >= 15 is 0 Å². The fraction of sp³-hybridized carbons (Fsp3) is 0.211. The van der Waals surface area contributed by atoms with Crippen molar-refractivity contribution in [3.05, 3.63) is 65.9 Å². The Morgan fingerprint density at radius 1 is 1.12 bits per heavy atom. The summed E-state index contributed by atoms with van der Waals surface area (Å²) in [6.45, 7) is 1.88. The average molecular weight is 372 g/mol. The van der Waals surface area contributed by atoms with Crippen LogP contribution in [0.15, 0.2) is 59.0 Å². The maximum atomic E-state index is 12.8. The van der Waals surface area contributed by atoms with Crippen molar-refractivity contribution in [2.75, 3.05) is 18.0 Å². The van der Waals surface area contributed by atoms with Crippen molar-refractivity contribution < 1.29 is 17.6 Å². The van der Waals surface area contributed by atoms with Gasteiger partial charge < -0.3 is 9.32 Å². The van der Waals surface area contributed by atoms with E-state index in [1.54, 1.807) is 30.1 Å². The van der Waals surface area contributed by atoms with Crippen LogP contribution in [-0.2, 0) is 10.0 Å². The van der Waals surface area contributed by atoms with Gasteiger partial charge in [0, 0.05) is 23.7 Å². The molecule has 0 aliphatic rings. The number of nitrogens with one attached hydrogen (secondary N) is 1. The molecule has 0 saturated carbocycles. The van der Waals surface area contributed by atoms with Gasteiger partial charge in [0.25, 0.3) is 5.91 Å². The average Bonchev–Trinajstić information content (AvgIpc) is 3.02. The number of para-hydroxylation sites is 1. The second kappa shape index (κ2) is 6.84. The van der Waals surface area contributed by atoms with Crippen molar-refractivity contribution in [2.45, 2.75) is 13.0 Å². The SMILES string of the molecule is C[C@@H](c1cc2ccccc2o1)N(C)C(=O)c1cccc(NS(C)(=O)=O)c1. The Bertz CT molecular complexity index is 1020. The first kappa shape index (κ1) is 18.0. The van der Waals surface area contributed by atoms with Gasteiger partial charge in [-0.2, -0.15) is 0 Å². The molecule has 2 aromatic carbocycles. The molecule has 6 nitrogen and oxygen atoms in total. The molecule has 1 heterocycles. The van der Waals surface area contributed by atoms with Crippen LogP contribution in [0, 0.1) is 0 Å². The third-order valence-corrected chi connectivity index (χ3v) is 4.78. The summed E-state index contributed by atoms with van der Waals surface area (Å²) in [5, 5.41) is 0.981. The Morgan fingerprint density at radius 3 is 2.54 bits per heavy atom. The molecule has 0 fully saturated rings. The number of amides is 1. The van der Waals surface area contributed by atoms with Gasteiger partial charge in [-0.05, 0) is 37.3 Å². The highest BCUT2D eigenvalue weighted by Crippen LogP contribution is 2.27. The molecule has 26 heavy (non-hydrogen) atoms. The number of sulfonamides is 1. The lowest BCUT2D eigenvalue weighted by Crippen LogP contribution is -2.29. The minimum Gasteiger partial charge on any atom is -0.459 e. The molecule has 0 radical (unpaired) electrons. The third kappa shape index (κ3) is 3.88. The van der Waals surface area contributed by atoms with Crippen LogP contribution < -0.4 is 4.72 Å². The first-order valence-electron chi connectivity index (χ1n) is 8.08. The molecule has 3 aromatic rings. The summed E-state index contributed by atoms with van der Waals surface area (Å²) in [7, 11) is -1.71. The molecule has 0 saturated heterocycles. The molecule has 0 aliphatic carbocycles. The van der Waals surface area contributed by atoms with E-state index in [1.807, 2.05) is 37.3 Å². The van der Waals surface area contributed by atoms with Gasteiger partial charge >= 0.3 is 0 Å². The van der Waals surface area contributed by atoms with E-state index in [0.717, 1.165) is 17.2 Å². The van der Waals surface area contributed by atoms with Crippen LogP contribution in [0.5, 0.6) is 0 Å². The minimum atomic E-state index is -3.40. The first-order chi connectivity index (χ1) is 12.2. The van der Waals surface area contributed by atoms with E-state index in [-0.39, 0.29) is 11.9 Å². The normalized spacial score (nSPS) is 12.7. The largest absolute Gasteiger partial charge is 0.459 e. The van der Waals surface area contributed by atoms with E-state index in [4.69, 9.17) is 4.42 Å². The first-order valence-corrected chi connectivity index (χ1v) is 9.97. The molecule has 7 heteroatoms. The zero-order valence-corrected chi connectivity index (χ0v) is 15.6. The number of anilines is 1. The summed E-state index contributed by atoms with van der Waals surface area (Å²) in [5.41, 5.74) is 1.52. The zero-order chi connectivity index (χ0) is 18.9. The van der Waals surface area contributed by atoms with Crippen LogP contribution in [0.4, 0.5) is 5.69 Å². The highest BCUT2D eigenvalue weighted by molar-refractivity contribution is 7.92. The van der Waals surface area contributed by atoms with Crippen LogP contribution in [0.3, 0.4) is 0 Å². The Labute approximate surface area is 152 Å². The van der Waals surface area contributed by atoms with E-state index in [2.05, 4.69) is 4.72 Å². The zero-order valence-electron chi connectivity index (χ0n) is 14.8. The monoisotopic (exact) mass is 372 g/mol. The van der Waals surface area contributed by atoms with Gasteiger partial charge in [0.05, 0.1) is 12.3 Å². The van der Waals surface area contributed by atoms with E-state index in [1.165, 1.54) is 6.07 Å². The maximum absolute atomic E-state index is 12.8. The van der Waals surface area contributed by atoms with Gasteiger partial charge in [-0.3, -0.25) is 9.52 Å². The maximum Gasteiger partial charge on any atom is 0.254 e. The minimum absolute atomic E-state index is 0.227. The highest BCUT2D eigenvalue weighted by Gasteiger charge is 2.22. The number of furan rings is 1. The van der Waals surface area contributed by atoms with Gasteiger partial charge in [-0.25, -0.2) is 8.42 Å². The lowest BCUT2D eigenvalue weighted by Gasteiger charge is -2.23. The molecule has 0 unspecified atom stereocenters. The van der Waals surface area contributed by atoms with Crippen molar-refractivity contribution in [2.24, 2.45) is 0 Å². The summed E-state index contributed by atoms with van der Waals surface area (Å²) in [4.78, 5) is 14.4. The number of nitrogens with zero attached hydrogens (tertiary/aromatic N) is 1. The molecule has 3 rings (SSSR count). The molecule has 1 amide bonds. The van der Waals surface area contributed by atoms with Crippen molar-refractivity contribution >= 4 is 32.6 Å². The van der Waals surface area contributed by atoms with E-state index < -0.39 is 10.0 Å². The third-order valence-electron chi connectivity index (χ3n) is 4.17. The Kier molecular flexibility index (Phi) is 4.73. The Hall–Kier alpha value is -2.80. The predicted molar refractivity (Wildman–Crippen MR) is 102 cm³/mol. The fourth-order valence-corrected chi connectivity index (χ4v) is 3.26. The molecule has 0 spiro atoms. The van der Waals surface area contributed by atoms with Crippen molar-refractivity contribution in [1.29, 1.82) is 0 Å². The molecular formula is C19H20N2O4S. The van der Waals surface area contributed by atoms with Crippen LogP contribution in [0.25, 0.3) is 11.0 Å². The molecule has 136 valence electrons. The lowest BCUT2D eigenvalue weighted by atomic mass is 10.1. The number of rotatable bonds is 5.